The minimum absolute atomic E-state index is 0.0441. The van der Waals surface area contributed by atoms with Crippen molar-refractivity contribution in [3.8, 4) is 5.75 Å². The number of amidine groups is 1. The van der Waals surface area contributed by atoms with Crippen LogP contribution in [-0.4, -0.2) is 68.3 Å². The molecule has 1 aliphatic rings. The number of nitrogens with two attached hydrogens (primary N) is 1. The molecule has 0 bridgehead atoms. The average molecular weight is 622 g/mol. The smallest absolute Gasteiger partial charge is 0.308 e. The number of methoxy groups -OCH3 is 1. The second kappa shape index (κ2) is 13.5. The Labute approximate surface area is 250 Å². The molecule has 1 heterocycles. The summed E-state index contributed by atoms with van der Waals surface area (Å²) < 4.78 is 39.3. The van der Waals surface area contributed by atoms with Crippen LogP contribution in [-0.2, 0) is 35.7 Å². The second-order valence-corrected chi connectivity index (χ2v) is 12.9. The third-order valence-electron chi connectivity index (χ3n) is 6.39. The topological polar surface area (TPSA) is 181 Å². The third-order valence-corrected chi connectivity index (χ3v) is 8.15. The number of nitrogen functional groups attached to an aromatic ring is 1. The van der Waals surface area contributed by atoms with Crippen molar-refractivity contribution < 1.29 is 32.3 Å². The van der Waals surface area contributed by atoms with E-state index in [4.69, 9.17) is 32.2 Å². The highest BCUT2D eigenvalue weighted by Gasteiger charge is 2.40. The van der Waals surface area contributed by atoms with Gasteiger partial charge in [0.25, 0.3) is 0 Å². The molecule has 12 nitrogen and oxygen atoms in total. The van der Waals surface area contributed by atoms with Crippen LogP contribution in [0, 0.1) is 5.41 Å². The van der Waals surface area contributed by atoms with Gasteiger partial charge in [0.1, 0.15) is 29.3 Å². The molecule has 2 aromatic carbocycles. The van der Waals surface area contributed by atoms with Gasteiger partial charge < -0.3 is 25.4 Å². The standard InChI is InChI=1S/C28H36ClN5O7S/c1-28(2,3)41-24(35)15-21(33-42(38,39)19-11-12-23(40-4)20(29)14-19)27(37)34-13-5-6-22(34)26(36)32-16-17-7-9-18(10-8-17)25(30)31/h7-12,14,21-22,33H,5-6,13,15-16H2,1-4H3,(H3,30,31)(H,32,36)/t21-,22-/m0/s1. The van der Waals surface area contributed by atoms with Crippen LogP contribution in [0.1, 0.15) is 51.2 Å². The number of ether oxygens (including phenoxy) is 2. The molecule has 228 valence electrons. The lowest BCUT2D eigenvalue weighted by atomic mass is 10.1. The van der Waals surface area contributed by atoms with E-state index in [-0.39, 0.29) is 34.6 Å². The summed E-state index contributed by atoms with van der Waals surface area (Å²) in [5, 5.41) is 10.3. The number of carbonyl (C=O) groups is 3. The Morgan fingerprint density at radius 1 is 1.17 bits per heavy atom. The SMILES string of the molecule is COc1ccc(S(=O)(=O)N[C@@H](CC(=O)OC(C)(C)C)C(=O)N2CCC[C@H]2C(=O)NCc2ccc(C(=N)N)cc2)cc1Cl. The number of rotatable bonds is 11. The lowest BCUT2D eigenvalue weighted by Crippen LogP contribution is -2.54. The van der Waals surface area contributed by atoms with Crippen molar-refractivity contribution in [2.75, 3.05) is 13.7 Å². The Kier molecular flexibility index (Phi) is 10.6. The van der Waals surface area contributed by atoms with Gasteiger partial charge in [-0.1, -0.05) is 35.9 Å². The highest BCUT2D eigenvalue weighted by molar-refractivity contribution is 7.89. The van der Waals surface area contributed by atoms with Crippen LogP contribution in [0.15, 0.2) is 47.4 Å². The lowest BCUT2D eigenvalue weighted by molar-refractivity contribution is -0.157. The fourth-order valence-electron chi connectivity index (χ4n) is 4.41. The number of amides is 2. The summed E-state index contributed by atoms with van der Waals surface area (Å²) in [6.07, 6.45) is 0.282. The summed E-state index contributed by atoms with van der Waals surface area (Å²) in [4.78, 5) is 40.6. The first-order valence-corrected chi connectivity index (χ1v) is 15.1. The molecule has 5 N–H and O–H groups in total. The maximum Gasteiger partial charge on any atom is 0.308 e. The van der Waals surface area contributed by atoms with Crippen molar-refractivity contribution in [3.05, 3.63) is 58.6 Å². The summed E-state index contributed by atoms with van der Waals surface area (Å²) in [5.74, 6) is -1.75. The van der Waals surface area contributed by atoms with E-state index in [0.717, 1.165) is 5.56 Å². The molecule has 42 heavy (non-hydrogen) atoms. The second-order valence-electron chi connectivity index (χ2n) is 10.8. The summed E-state index contributed by atoms with van der Waals surface area (Å²) in [6, 6.07) is 8.18. The van der Waals surface area contributed by atoms with E-state index in [9.17, 15) is 22.8 Å². The van der Waals surface area contributed by atoms with Crippen molar-refractivity contribution in [3.63, 3.8) is 0 Å². The summed E-state index contributed by atoms with van der Waals surface area (Å²) in [6.45, 7) is 5.33. The summed E-state index contributed by atoms with van der Waals surface area (Å²) in [5.41, 5.74) is 5.92. The molecule has 0 radical (unpaired) electrons. The molecule has 2 atom stereocenters. The molecule has 1 fully saturated rings. The third kappa shape index (κ3) is 8.66. The molecule has 0 aromatic heterocycles. The quantitative estimate of drug-likeness (QED) is 0.167. The molecule has 0 unspecified atom stereocenters. The number of nitrogens with zero attached hydrogens (tertiary/aromatic N) is 1. The zero-order valence-corrected chi connectivity index (χ0v) is 25.5. The first-order valence-electron chi connectivity index (χ1n) is 13.2. The largest absolute Gasteiger partial charge is 0.495 e. The van der Waals surface area contributed by atoms with Crippen LogP contribution in [0.5, 0.6) is 5.75 Å². The molecule has 2 amide bonds. The van der Waals surface area contributed by atoms with Crippen LogP contribution in [0.2, 0.25) is 5.02 Å². The lowest BCUT2D eigenvalue weighted by Gasteiger charge is -2.29. The van der Waals surface area contributed by atoms with Crippen LogP contribution in [0.3, 0.4) is 0 Å². The zero-order valence-electron chi connectivity index (χ0n) is 23.9. The number of hydrogen-bond donors (Lipinski definition) is 4. The number of esters is 1. The van der Waals surface area contributed by atoms with E-state index in [1.54, 1.807) is 45.0 Å². The number of carbonyl (C=O) groups excluding carboxylic acids is 3. The number of halogens is 1. The van der Waals surface area contributed by atoms with Gasteiger partial charge in [0.05, 0.1) is 23.4 Å². The molecule has 0 spiro atoms. The van der Waals surface area contributed by atoms with Gasteiger partial charge in [0.2, 0.25) is 21.8 Å². The molecule has 14 heteroatoms. The molecule has 0 saturated carbocycles. The Hall–Kier alpha value is -3.68. The number of hydrogen-bond acceptors (Lipinski definition) is 8. The van der Waals surface area contributed by atoms with Gasteiger partial charge >= 0.3 is 5.97 Å². The molecule has 2 aromatic rings. The van der Waals surface area contributed by atoms with Crippen molar-refractivity contribution >= 4 is 45.2 Å². The zero-order chi connectivity index (χ0) is 31.2. The molecular formula is C28H36ClN5O7S. The maximum absolute atomic E-state index is 13.7. The minimum atomic E-state index is -4.33. The molecule has 3 rings (SSSR count). The van der Waals surface area contributed by atoms with Crippen molar-refractivity contribution in [1.29, 1.82) is 5.41 Å². The fraction of sp³-hybridized carbons (Fsp3) is 0.429. The normalized spacial score (nSPS) is 16.0. The number of nitrogens with one attached hydrogen (secondary N) is 3. The maximum atomic E-state index is 13.7. The number of benzene rings is 2. The van der Waals surface area contributed by atoms with E-state index < -0.39 is 51.9 Å². The highest BCUT2D eigenvalue weighted by Crippen LogP contribution is 2.27. The highest BCUT2D eigenvalue weighted by atomic mass is 35.5. The van der Waals surface area contributed by atoms with Gasteiger partial charge in [0.15, 0.2) is 0 Å². The predicted molar refractivity (Wildman–Crippen MR) is 157 cm³/mol. The van der Waals surface area contributed by atoms with Crippen molar-refractivity contribution in [2.24, 2.45) is 5.73 Å². The van der Waals surface area contributed by atoms with Crippen LogP contribution >= 0.6 is 11.6 Å². The van der Waals surface area contributed by atoms with Gasteiger partial charge in [-0.25, -0.2) is 8.42 Å². The molecule has 0 aliphatic carbocycles. The van der Waals surface area contributed by atoms with Crippen molar-refractivity contribution in [2.45, 2.75) is 69.2 Å². The van der Waals surface area contributed by atoms with E-state index in [2.05, 4.69) is 10.0 Å². The Morgan fingerprint density at radius 2 is 1.83 bits per heavy atom. The Morgan fingerprint density at radius 3 is 2.40 bits per heavy atom. The van der Waals surface area contributed by atoms with Crippen LogP contribution in [0.4, 0.5) is 0 Å². The minimum Gasteiger partial charge on any atom is -0.495 e. The van der Waals surface area contributed by atoms with Crippen LogP contribution < -0.4 is 20.5 Å². The number of likely N-dealkylation sites (tertiary alicyclic amines) is 1. The van der Waals surface area contributed by atoms with Gasteiger partial charge in [-0.05, 0) is 57.4 Å². The van der Waals surface area contributed by atoms with Gasteiger partial charge in [-0.2, -0.15) is 4.72 Å². The van der Waals surface area contributed by atoms with Gasteiger partial charge in [-0.15, -0.1) is 0 Å². The monoisotopic (exact) mass is 621 g/mol. The molecule has 1 aliphatic heterocycles. The number of sulfonamides is 1. The van der Waals surface area contributed by atoms with Gasteiger partial charge in [-0.3, -0.25) is 19.8 Å². The summed E-state index contributed by atoms with van der Waals surface area (Å²) >= 11 is 6.12. The van der Waals surface area contributed by atoms with E-state index in [0.29, 0.717) is 18.4 Å². The van der Waals surface area contributed by atoms with E-state index >= 15 is 0 Å². The summed E-state index contributed by atoms with van der Waals surface area (Å²) in [7, 11) is -2.95. The molecular weight excluding hydrogens is 586 g/mol. The average Bonchev–Trinajstić information content (AvgIpc) is 3.40. The van der Waals surface area contributed by atoms with Crippen molar-refractivity contribution in [1.82, 2.24) is 14.9 Å². The predicted octanol–water partition coefficient (Wildman–Crippen LogP) is 2.32. The van der Waals surface area contributed by atoms with E-state index in [1.165, 1.54) is 30.2 Å². The van der Waals surface area contributed by atoms with E-state index in [1.807, 2.05) is 0 Å². The first kappa shape index (κ1) is 32.8. The Balaban J connectivity index is 1.80. The fourth-order valence-corrected chi connectivity index (χ4v) is 5.95. The Bertz CT molecular complexity index is 1440. The van der Waals surface area contributed by atoms with Crippen LogP contribution in [0.25, 0.3) is 0 Å². The molecule has 1 saturated heterocycles. The first-order chi connectivity index (χ1) is 19.6. The van der Waals surface area contributed by atoms with Gasteiger partial charge in [0, 0.05) is 18.7 Å².